The van der Waals surface area contributed by atoms with Crippen LogP contribution in [-0.2, 0) is 0 Å². The molecule has 0 fully saturated rings. The standard InChI is InChI=1S/C19H16O5S/c1-22-13-8-12(9-14(23-2)19(13)24-3)17(20)18(21)16-10-11-6-4-5-7-15(11)25-16/h4-10H,1-3H3. The number of methoxy groups -OCH3 is 3. The summed E-state index contributed by atoms with van der Waals surface area (Å²) < 4.78 is 16.7. The Morgan fingerprint density at radius 1 is 0.840 bits per heavy atom. The minimum Gasteiger partial charge on any atom is -0.493 e. The van der Waals surface area contributed by atoms with Crippen molar-refractivity contribution in [2.24, 2.45) is 0 Å². The molecule has 0 N–H and O–H groups in total. The van der Waals surface area contributed by atoms with Crippen molar-refractivity contribution in [1.82, 2.24) is 0 Å². The van der Waals surface area contributed by atoms with E-state index >= 15 is 0 Å². The highest BCUT2D eigenvalue weighted by molar-refractivity contribution is 7.21. The number of ketones is 2. The maximum atomic E-state index is 12.7. The predicted octanol–water partition coefficient (Wildman–Crippen LogP) is 3.99. The van der Waals surface area contributed by atoms with Crippen LogP contribution in [0, 0.1) is 0 Å². The minimum absolute atomic E-state index is 0.192. The summed E-state index contributed by atoms with van der Waals surface area (Å²) >= 11 is 1.30. The molecule has 0 radical (unpaired) electrons. The number of benzene rings is 2. The number of rotatable bonds is 6. The van der Waals surface area contributed by atoms with Crippen LogP contribution in [0.25, 0.3) is 10.1 Å². The summed E-state index contributed by atoms with van der Waals surface area (Å²) in [7, 11) is 4.39. The van der Waals surface area contributed by atoms with Crippen molar-refractivity contribution in [3.8, 4) is 17.2 Å². The molecule has 2 aromatic carbocycles. The van der Waals surface area contributed by atoms with E-state index in [0.29, 0.717) is 22.1 Å². The van der Waals surface area contributed by atoms with Crippen molar-refractivity contribution in [3.63, 3.8) is 0 Å². The average molecular weight is 356 g/mol. The topological polar surface area (TPSA) is 61.8 Å². The van der Waals surface area contributed by atoms with Crippen LogP contribution in [0.15, 0.2) is 42.5 Å². The fraction of sp³-hybridized carbons (Fsp3) is 0.158. The van der Waals surface area contributed by atoms with Crippen LogP contribution in [0.5, 0.6) is 17.2 Å². The summed E-state index contributed by atoms with van der Waals surface area (Å²) in [5.74, 6) is -0.152. The van der Waals surface area contributed by atoms with Gasteiger partial charge < -0.3 is 14.2 Å². The van der Waals surface area contributed by atoms with Gasteiger partial charge >= 0.3 is 0 Å². The predicted molar refractivity (Wildman–Crippen MR) is 96.6 cm³/mol. The molecule has 0 aliphatic carbocycles. The van der Waals surface area contributed by atoms with E-state index in [9.17, 15) is 9.59 Å². The largest absolute Gasteiger partial charge is 0.493 e. The van der Waals surface area contributed by atoms with E-state index in [-0.39, 0.29) is 5.56 Å². The highest BCUT2D eigenvalue weighted by Gasteiger charge is 2.24. The van der Waals surface area contributed by atoms with Crippen LogP contribution < -0.4 is 14.2 Å². The number of ether oxygens (including phenoxy) is 3. The quantitative estimate of drug-likeness (QED) is 0.494. The molecule has 25 heavy (non-hydrogen) atoms. The van der Waals surface area contributed by atoms with Crippen LogP contribution >= 0.6 is 11.3 Å². The van der Waals surface area contributed by atoms with Gasteiger partial charge in [-0.05, 0) is 29.7 Å². The second kappa shape index (κ2) is 6.94. The summed E-state index contributed by atoms with van der Waals surface area (Å²) in [6.45, 7) is 0. The second-order valence-electron chi connectivity index (χ2n) is 5.22. The van der Waals surface area contributed by atoms with E-state index < -0.39 is 11.6 Å². The molecule has 3 aromatic rings. The third-order valence-electron chi connectivity index (χ3n) is 3.78. The van der Waals surface area contributed by atoms with Gasteiger partial charge in [0.1, 0.15) is 0 Å². The molecule has 1 aromatic heterocycles. The van der Waals surface area contributed by atoms with E-state index in [4.69, 9.17) is 14.2 Å². The number of carbonyl (C=O) groups excluding carboxylic acids is 2. The Kier molecular flexibility index (Phi) is 4.72. The Hall–Kier alpha value is -2.86. The molecule has 0 atom stereocenters. The van der Waals surface area contributed by atoms with Gasteiger partial charge in [0.2, 0.25) is 17.3 Å². The summed E-state index contributed by atoms with van der Waals surface area (Å²) in [4.78, 5) is 25.7. The molecular weight excluding hydrogens is 340 g/mol. The lowest BCUT2D eigenvalue weighted by molar-refractivity contribution is 0.0819. The summed E-state index contributed by atoms with van der Waals surface area (Å²) in [5.41, 5.74) is 0.192. The fourth-order valence-corrected chi connectivity index (χ4v) is 3.55. The van der Waals surface area contributed by atoms with Gasteiger partial charge in [0, 0.05) is 10.3 Å². The van der Waals surface area contributed by atoms with Gasteiger partial charge in [0.15, 0.2) is 11.5 Å². The van der Waals surface area contributed by atoms with E-state index in [1.807, 2.05) is 24.3 Å². The Morgan fingerprint density at radius 3 is 2.04 bits per heavy atom. The second-order valence-corrected chi connectivity index (χ2v) is 6.30. The van der Waals surface area contributed by atoms with Gasteiger partial charge in [0.25, 0.3) is 0 Å². The summed E-state index contributed by atoms with van der Waals surface area (Å²) in [5, 5.41) is 0.938. The maximum absolute atomic E-state index is 12.7. The molecule has 0 saturated carbocycles. The van der Waals surface area contributed by atoms with Crippen molar-refractivity contribution < 1.29 is 23.8 Å². The van der Waals surface area contributed by atoms with Gasteiger partial charge in [-0.1, -0.05) is 18.2 Å². The summed E-state index contributed by atoms with van der Waals surface area (Å²) in [6, 6.07) is 12.3. The minimum atomic E-state index is -0.620. The molecule has 0 aliphatic heterocycles. The Labute approximate surface area is 148 Å². The third-order valence-corrected chi connectivity index (χ3v) is 4.90. The van der Waals surface area contributed by atoms with Crippen molar-refractivity contribution in [1.29, 1.82) is 0 Å². The SMILES string of the molecule is COc1cc(C(=O)C(=O)c2cc3ccccc3s2)cc(OC)c1OC. The zero-order valence-electron chi connectivity index (χ0n) is 14.0. The number of Topliss-reactive ketones (excluding diaryl/α,β-unsaturated/α-hetero) is 2. The molecule has 0 unspecified atom stereocenters. The molecule has 0 amide bonds. The Balaban J connectivity index is 2.00. The van der Waals surface area contributed by atoms with Crippen molar-refractivity contribution in [3.05, 3.63) is 52.9 Å². The highest BCUT2D eigenvalue weighted by atomic mass is 32.1. The lowest BCUT2D eigenvalue weighted by Crippen LogP contribution is -2.13. The number of thiophene rings is 1. The smallest absolute Gasteiger partial charge is 0.243 e. The zero-order valence-corrected chi connectivity index (χ0v) is 14.8. The van der Waals surface area contributed by atoms with Gasteiger partial charge in [-0.15, -0.1) is 11.3 Å². The molecule has 0 saturated heterocycles. The fourth-order valence-electron chi connectivity index (χ4n) is 2.55. The highest BCUT2D eigenvalue weighted by Crippen LogP contribution is 2.38. The van der Waals surface area contributed by atoms with E-state index in [1.165, 1.54) is 44.8 Å². The Morgan fingerprint density at radius 2 is 1.48 bits per heavy atom. The monoisotopic (exact) mass is 356 g/mol. The number of hydrogen-bond donors (Lipinski definition) is 0. The van der Waals surface area contributed by atoms with E-state index in [0.717, 1.165) is 10.1 Å². The Bertz CT molecular complexity index is 899. The van der Waals surface area contributed by atoms with Crippen molar-refractivity contribution in [2.45, 2.75) is 0 Å². The average Bonchev–Trinajstić information content (AvgIpc) is 3.09. The lowest BCUT2D eigenvalue weighted by Gasteiger charge is -2.13. The van der Waals surface area contributed by atoms with Crippen molar-refractivity contribution >= 4 is 33.0 Å². The van der Waals surface area contributed by atoms with Crippen LogP contribution in [0.1, 0.15) is 20.0 Å². The first-order valence-corrected chi connectivity index (χ1v) is 8.28. The van der Waals surface area contributed by atoms with Crippen LogP contribution in [0.2, 0.25) is 0 Å². The molecule has 0 aliphatic rings. The van der Waals surface area contributed by atoms with Crippen LogP contribution in [0.4, 0.5) is 0 Å². The van der Waals surface area contributed by atoms with Crippen LogP contribution in [-0.4, -0.2) is 32.9 Å². The molecular formula is C19H16O5S. The summed E-state index contributed by atoms with van der Waals surface area (Å²) in [6.07, 6.45) is 0. The molecule has 6 heteroatoms. The zero-order chi connectivity index (χ0) is 18.0. The van der Waals surface area contributed by atoms with Crippen LogP contribution in [0.3, 0.4) is 0 Å². The van der Waals surface area contributed by atoms with Gasteiger partial charge in [-0.25, -0.2) is 0 Å². The van der Waals surface area contributed by atoms with Gasteiger partial charge in [-0.3, -0.25) is 9.59 Å². The maximum Gasteiger partial charge on any atom is 0.243 e. The van der Waals surface area contributed by atoms with Gasteiger partial charge in [0.05, 0.1) is 26.2 Å². The molecule has 128 valence electrons. The molecule has 0 bridgehead atoms. The first-order valence-electron chi connectivity index (χ1n) is 7.46. The molecule has 0 spiro atoms. The van der Waals surface area contributed by atoms with E-state index in [1.54, 1.807) is 6.07 Å². The normalized spacial score (nSPS) is 10.5. The first kappa shape index (κ1) is 17.0. The molecule has 3 rings (SSSR count). The van der Waals surface area contributed by atoms with Gasteiger partial charge in [-0.2, -0.15) is 0 Å². The molecule has 1 heterocycles. The third kappa shape index (κ3) is 3.08. The first-order chi connectivity index (χ1) is 12.1. The number of fused-ring (bicyclic) bond motifs is 1. The molecule has 5 nitrogen and oxygen atoms in total. The lowest BCUT2D eigenvalue weighted by atomic mass is 10.0. The van der Waals surface area contributed by atoms with Crippen molar-refractivity contribution in [2.75, 3.05) is 21.3 Å². The number of carbonyl (C=O) groups is 2. The number of hydrogen-bond acceptors (Lipinski definition) is 6. The van der Waals surface area contributed by atoms with E-state index in [2.05, 4.69) is 0 Å².